The summed E-state index contributed by atoms with van der Waals surface area (Å²) in [5.41, 5.74) is 0.691. The van der Waals surface area contributed by atoms with Crippen LogP contribution in [0.15, 0.2) is 24.7 Å². The summed E-state index contributed by atoms with van der Waals surface area (Å²) in [7, 11) is 0. The van der Waals surface area contributed by atoms with E-state index in [0.29, 0.717) is 5.69 Å². The first-order valence-electron chi connectivity index (χ1n) is 4.13. The van der Waals surface area contributed by atoms with Crippen LogP contribution in [0.25, 0.3) is 5.69 Å². The van der Waals surface area contributed by atoms with Crippen molar-refractivity contribution in [2.24, 2.45) is 0 Å². The van der Waals surface area contributed by atoms with Gasteiger partial charge >= 0.3 is 5.97 Å². The SMILES string of the molecule is CC(=O)Oc1ccc(-n2cnnn2)cn1. The molecule has 0 bridgehead atoms. The maximum absolute atomic E-state index is 10.6. The van der Waals surface area contributed by atoms with Gasteiger partial charge in [-0.3, -0.25) is 4.79 Å². The number of nitrogens with zero attached hydrogens (tertiary/aromatic N) is 5. The lowest BCUT2D eigenvalue weighted by Gasteiger charge is -2.01. The van der Waals surface area contributed by atoms with Gasteiger partial charge in [0.05, 0.1) is 11.9 Å². The summed E-state index contributed by atoms with van der Waals surface area (Å²) < 4.78 is 6.22. The van der Waals surface area contributed by atoms with E-state index in [4.69, 9.17) is 4.74 Å². The fourth-order valence-corrected chi connectivity index (χ4v) is 0.995. The van der Waals surface area contributed by atoms with E-state index in [1.165, 1.54) is 24.1 Å². The Bertz CT molecular complexity index is 450. The monoisotopic (exact) mass is 205 g/mol. The van der Waals surface area contributed by atoms with E-state index >= 15 is 0 Å². The first-order chi connectivity index (χ1) is 7.25. The van der Waals surface area contributed by atoms with E-state index in [1.54, 1.807) is 12.1 Å². The second kappa shape index (κ2) is 3.82. The first kappa shape index (κ1) is 9.25. The molecule has 0 fully saturated rings. The standard InChI is InChI=1S/C8H7N5O2/c1-6(14)15-8-3-2-7(4-9-8)13-5-10-11-12-13/h2-5H,1H3. The molecule has 7 heteroatoms. The number of aromatic nitrogens is 5. The summed E-state index contributed by atoms with van der Waals surface area (Å²) in [6.45, 7) is 1.32. The van der Waals surface area contributed by atoms with Gasteiger partial charge < -0.3 is 4.74 Å². The van der Waals surface area contributed by atoms with Crippen molar-refractivity contribution in [2.45, 2.75) is 6.92 Å². The molecule has 0 aliphatic carbocycles. The van der Waals surface area contributed by atoms with Gasteiger partial charge in [0.1, 0.15) is 6.33 Å². The topological polar surface area (TPSA) is 82.8 Å². The molecule has 0 N–H and O–H groups in total. The Morgan fingerprint density at radius 3 is 2.87 bits per heavy atom. The van der Waals surface area contributed by atoms with E-state index in [-0.39, 0.29) is 5.88 Å². The number of carbonyl (C=O) groups is 1. The van der Waals surface area contributed by atoms with Crippen molar-refractivity contribution in [1.29, 1.82) is 0 Å². The molecular formula is C8H7N5O2. The van der Waals surface area contributed by atoms with Crippen molar-refractivity contribution >= 4 is 5.97 Å². The van der Waals surface area contributed by atoms with Gasteiger partial charge in [-0.15, -0.1) is 5.10 Å². The van der Waals surface area contributed by atoms with Gasteiger partial charge in [0.25, 0.3) is 0 Å². The van der Waals surface area contributed by atoms with Gasteiger partial charge in [-0.2, -0.15) is 4.68 Å². The van der Waals surface area contributed by atoms with E-state index in [0.717, 1.165) is 0 Å². The highest BCUT2D eigenvalue weighted by Crippen LogP contribution is 2.09. The van der Waals surface area contributed by atoms with Crippen LogP contribution < -0.4 is 4.74 Å². The molecule has 2 aromatic heterocycles. The van der Waals surface area contributed by atoms with Crippen LogP contribution in [0.1, 0.15) is 6.92 Å². The van der Waals surface area contributed by atoms with E-state index in [9.17, 15) is 4.79 Å². The third kappa shape index (κ3) is 2.13. The van der Waals surface area contributed by atoms with Gasteiger partial charge in [-0.1, -0.05) is 0 Å². The fourth-order valence-electron chi connectivity index (χ4n) is 0.995. The lowest BCUT2D eigenvalue weighted by atomic mass is 10.4. The molecule has 7 nitrogen and oxygen atoms in total. The van der Waals surface area contributed by atoms with Gasteiger partial charge in [-0.25, -0.2) is 4.98 Å². The molecule has 2 heterocycles. The fraction of sp³-hybridized carbons (Fsp3) is 0.125. The van der Waals surface area contributed by atoms with Crippen LogP contribution in [-0.4, -0.2) is 31.2 Å². The summed E-state index contributed by atoms with van der Waals surface area (Å²) >= 11 is 0. The van der Waals surface area contributed by atoms with E-state index < -0.39 is 5.97 Å². The van der Waals surface area contributed by atoms with Crippen LogP contribution in [0.4, 0.5) is 0 Å². The first-order valence-corrected chi connectivity index (χ1v) is 4.13. The normalized spacial score (nSPS) is 9.93. The predicted molar refractivity (Wildman–Crippen MR) is 48.3 cm³/mol. The molecular weight excluding hydrogens is 198 g/mol. The third-order valence-electron chi connectivity index (χ3n) is 1.58. The number of hydrogen-bond acceptors (Lipinski definition) is 6. The molecule has 0 aromatic carbocycles. The van der Waals surface area contributed by atoms with Gasteiger partial charge in [-0.05, 0) is 16.5 Å². The molecule has 2 aromatic rings. The summed E-state index contributed by atoms with van der Waals surface area (Å²) in [5.74, 6) is -0.156. The number of pyridine rings is 1. The largest absolute Gasteiger partial charge is 0.408 e. The molecule has 0 aliphatic rings. The van der Waals surface area contributed by atoms with Crippen LogP contribution >= 0.6 is 0 Å². The average Bonchev–Trinajstić information content (AvgIpc) is 2.71. The Balaban J connectivity index is 2.21. The van der Waals surface area contributed by atoms with E-state index in [1.807, 2.05) is 0 Å². The Labute approximate surface area is 84.7 Å². The molecule has 15 heavy (non-hydrogen) atoms. The lowest BCUT2D eigenvalue weighted by molar-refractivity contribution is -0.132. The second-order valence-electron chi connectivity index (χ2n) is 2.70. The summed E-state index contributed by atoms with van der Waals surface area (Å²) in [5, 5.41) is 10.7. The minimum absolute atomic E-state index is 0.249. The molecule has 0 saturated carbocycles. The molecule has 0 saturated heterocycles. The Hall–Kier alpha value is -2.31. The molecule has 76 valence electrons. The van der Waals surface area contributed by atoms with Crippen LogP contribution in [0.3, 0.4) is 0 Å². The molecule has 0 spiro atoms. The Kier molecular flexibility index (Phi) is 2.36. The Morgan fingerprint density at radius 1 is 1.47 bits per heavy atom. The quantitative estimate of drug-likeness (QED) is 0.641. The van der Waals surface area contributed by atoms with Crippen LogP contribution in [0.2, 0.25) is 0 Å². The highest BCUT2D eigenvalue weighted by Gasteiger charge is 2.01. The van der Waals surface area contributed by atoms with Crippen molar-refractivity contribution in [3.05, 3.63) is 24.7 Å². The van der Waals surface area contributed by atoms with Crippen LogP contribution in [0.5, 0.6) is 5.88 Å². The zero-order chi connectivity index (χ0) is 10.7. The van der Waals surface area contributed by atoms with Crippen LogP contribution in [-0.2, 0) is 4.79 Å². The van der Waals surface area contributed by atoms with Crippen molar-refractivity contribution in [3.8, 4) is 11.6 Å². The number of rotatable bonds is 2. The summed E-state index contributed by atoms with van der Waals surface area (Å²) in [4.78, 5) is 14.5. The molecule has 0 radical (unpaired) electrons. The maximum Gasteiger partial charge on any atom is 0.309 e. The maximum atomic E-state index is 10.6. The number of tetrazole rings is 1. The van der Waals surface area contributed by atoms with E-state index in [2.05, 4.69) is 20.5 Å². The Morgan fingerprint density at radius 2 is 2.33 bits per heavy atom. The zero-order valence-corrected chi connectivity index (χ0v) is 7.86. The zero-order valence-electron chi connectivity index (χ0n) is 7.86. The van der Waals surface area contributed by atoms with Crippen molar-refractivity contribution < 1.29 is 9.53 Å². The number of ether oxygens (including phenoxy) is 1. The molecule has 0 unspecified atom stereocenters. The molecule has 0 amide bonds. The van der Waals surface area contributed by atoms with Gasteiger partial charge in [0.15, 0.2) is 0 Å². The molecule has 0 aliphatic heterocycles. The van der Waals surface area contributed by atoms with Crippen molar-refractivity contribution in [2.75, 3.05) is 0 Å². The summed E-state index contributed by atoms with van der Waals surface area (Å²) in [6, 6.07) is 3.26. The minimum atomic E-state index is -0.405. The average molecular weight is 205 g/mol. The highest BCUT2D eigenvalue weighted by atomic mass is 16.5. The minimum Gasteiger partial charge on any atom is -0.408 e. The molecule has 2 rings (SSSR count). The molecule has 0 atom stereocenters. The lowest BCUT2D eigenvalue weighted by Crippen LogP contribution is -2.03. The second-order valence-corrected chi connectivity index (χ2v) is 2.70. The highest BCUT2D eigenvalue weighted by molar-refractivity contribution is 5.68. The predicted octanol–water partition coefficient (Wildman–Crippen LogP) is -0.0174. The van der Waals surface area contributed by atoms with Crippen molar-refractivity contribution in [1.82, 2.24) is 25.2 Å². The number of esters is 1. The van der Waals surface area contributed by atoms with Gasteiger partial charge in [0, 0.05) is 13.0 Å². The smallest absolute Gasteiger partial charge is 0.309 e. The van der Waals surface area contributed by atoms with Gasteiger partial charge in [0.2, 0.25) is 5.88 Å². The number of carbonyl (C=O) groups excluding carboxylic acids is 1. The number of hydrogen-bond donors (Lipinski definition) is 0. The summed E-state index contributed by atoms with van der Waals surface area (Å²) in [6.07, 6.45) is 2.96. The van der Waals surface area contributed by atoms with Crippen molar-refractivity contribution in [3.63, 3.8) is 0 Å². The van der Waals surface area contributed by atoms with Crippen LogP contribution in [0, 0.1) is 0 Å². The third-order valence-corrected chi connectivity index (χ3v) is 1.58.